The topological polar surface area (TPSA) is 91.8 Å². The highest BCUT2D eigenvalue weighted by molar-refractivity contribution is 6.02. The minimum atomic E-state index is 0. The molecule has 0 bridgehead atoms. The average Bonchev–Trinajstić information content (AvgIpc) is 2.99. The van der Waals surface area contributed by atoms with E-state index in [2.05, 4.69) is 9.97 Å². The number of nitrogens with two attached hydrogens (primary N) is 1. The number of aromatic amines is 1. The number of anilines is 2. The zero-order valence-corrected chi connectivity index (χ0v) is 16.7. The molecule has 1 amide bonds. The number of hydrogen-bond acceptors (Lipinski definition) is 5. The van der Waals surface area contributed by atoms with E-state index in [-0.39, 0.29) is 24.7 Å². The van der Waals surface area contributed by atoms with E-state index < -0.39 is 0 Å². The number of nitrogen functional groups attached to an aromatic ring is 1. The summed E-state index contributed by atoms with van der Waals surface area (Å²) in [6.45, 7) is 4.64. The first-order valence-electron chi connectivity index (χ1n) is 9.37. The lowest BCUT2D eigenvalue weighted by molar-refractivity contribution is -0.388. The summed E-state index contributed by atoms with van der Waals surface area (Å²) in [6.07, 6.45) is 4.20. The number of fused-ring (bicyclic) bond motifs is 1. The third kappa shape index (κ3) is 4.36. The Morgan fingerprint density at radius 2 is 2.14 bits per heavy atom. The molecule has 7 nitrogen and oxygen atoms in total. The molecule has 0 aromatic carbocycles. The van der Waals surface area contributed by atoms with E-state index in [1.54, 1.807) is 4.90 Å². The number of rotatable bonds is 5. The molecule has 2 aliphatic heterocycles. The Hall–Kier alpha value is -2.38. The van der Waals surface area contributed by atoms with Crippen LogP contribution < -0.4 is 32.8 Å². The molecule has 2 aliphatic rings. The van der Waals surface area contributed by atoms with Crippen LogP contribution in [0.5, 0.6) is 5.88 Å². The van der Waals surface area contributed by atoms with E-state index in [9.17, 15) is 4.79 Å². The molecule has 1 saturated heterocycles. The maximum Gasteiger partial charge on any atom is 0.231 e. The Morgan fingerprint density at radius 1 is 1.36 bits per heavy atom. The fraction of sp³-hybridized carbons (Fsp3) is 0.450. The third-order valence-electron chi connectivity index (χ3n) is 5.21. The maximum atomic E-state index is 12.5. The van der Waals surface area contributed by atoms with Crippen molar-refractivity contribution in [2.45, 2.75) is 32.7 Å². The molecule has 0 saturated carbocycles. The van der Waals surface area contributed by atoms with Gasteiger partial charge in [0.25, 0.3) is 0 Å². The second kappa shape index (κ2) is 8.75. The van der Waals surface area contributed by atoms with E-state index in [0.29, 0.717) is 30.8 Å². The first kappa shape index (κ1) is 20.4. The highest BCUT2D eigenvalue weighted by Crippen LogP contribution is 2.36. The summed E-state index contributed by atoms with van der Waals surface area (Å²) in [7, 11) is 0. The number of H-pyrrole nitrogens is 1. The second-order valence-corrected chi connectivity index (χ2v) is 7.25. The molecule has 0 radical (unpaired) electrons. The van der Waals surface area contributed by atoms with Crippen LogP contribution >= 0.6 is 0 Å². The number of amides is 1. The van der Waals surface area contributed by atoms with Crippen molar-refractivity contribution in [2.24, 2.45) is 5.92 Å². The monoisotopic (exact) mass is 404 g/mol. The number of aromatic nitrogens is 2. The van der Waals surface area contributed by atoms with E-state index in [4.69, 9.17) is 15.2 Å². The van der Waals surface area contributed by atoms with Gasteiger partial charge < -0.3 is 32.5 Å². The summed E-state index contributed by atoms with van der Waals surface area (Å²) in [5.74, 6) is 1.35. The van der Waals surface area contributed by atoms with Crippen LogP contribution in [0.15, 0.2) is 24.4 Å². The first-order chi connectivity index (χ1) is 13.1. The standard InChI is InChI=1S/C20H24N4O3.ClH/c1-13-2-3-15(10-22-13)11-24-17-9-18(23-20(21)16(17)8-19(24)25)27-12-14-4-6-26-7-5-14;/h2-3,9-10,14H,4-8,11-12H2,1H3,(H2,21,23);1H. The molecule has 0 aliphatic carbocycles. The SMILES string of the molecule is Cc1ccc(CN2C(=O)Cc3c2cc(OCC2CCOCC2)nc3N)c[nH+]1.[Cl-]. The summed E-state index contributed by atoms with van der Waals surface area (Å²) >= 11 is 0. The molecule has 0 unspecified atom stereocenters. The van der Waals surface area contributed by atoms with Gasteiger partial charge in [-0.1, -0.05) is 0 Å². The minimum Gasteiger partial charge on any atom is -1.00 e. The molecular formula is C20H25ClN4O3. The van der Waals surface area contributed by atoms with Gasteiger partial charge in [-0.15, -0.1) is 0 Å². The number of nitrogens with one attached hydrogen (secondary N) is 1. The van der Waals surface area contributed by atoms with E-state index in [1.165, 1.54) is 0 Å². The molecule has 1 fully saturated rings. The van der Waals surface area contributed by atoms with E-state index in [0.717, 1.165) is 48.6 Å². The smallest absolute Gasteiger partial charge is 0.231 e. The Labute approximate surface area is 170 Å². The number of carbonyl (C=O) groups is 1. The van der Waals surface area contributed by atoms with Gasteiger partial charge in [-0.05, 0) is 24.8 Å². The van der Waals surface area contributed by atoms with Crippen LogP contribution in [-0.4, -0.2) is 30.7 Å². The van der Waals surface area contributed by atoms with E-state index >= 15 is 0 Å². The fourth-order valence-corrected chi connectivity index (χ4v) is 3.54. The van der Waals surface area contributed by atoms with Crippen molar-refractivity contribution in [2.75, 3.05) is 30.5 Å². The van der Waals surface area contributed by atoms with Crippen LogP contribution in [0.2, 0.25) is 0 Å². The molecular weight excluding hydrogens is 380 g/mol. The van der Waals surface area contributed by atoms with Crippen LogP contribution in [0.3, 0.4) is 0 Å². The van der Waals surface area contributed by atoms with Gasteiger partial charge in [0.15, 0.2) is 11.9 Å². The van der Waals surface area contributed by atoms with Crippen molar-refractivity contribution < 1.29 is 31.7 Å². The highest BCUT2D eigenvalue weighted by atomic mass is 35.5. The zero-order valence-electron chi connectivity index (χ0n) is 15.9. The lowest BCUT2D eigenvalue weighted by atomic mass is 10.0. The van der Waals surface area contributed by atoms with Gasteiger partial charge in [0.2, 0.25) is 11.8 Å². The third-order valence-corrected chi connectivity index (χ3v) is 5.21. The van der Waals surface area contributed by atoms with Crippen molar-refractivity contribution in [1.29, 1.82) is 0 Å². The number of halogens is 1. The number of nitrogens with zero attached hydrogens (tertiary/aromatic N) is 2. The number of aryl methyl sites for hydroxylation is 1. The van der Waals surface area contributed by atoms with Crippen LogP contribution in [-0.2, 0) is 22.5 Å². The Bertz CT molecular complexity index is 838. The molecule has 0 atom stereocenters. The van der Waals surface area contributed by atoms with Gasteiger partial charge in [-0.3, -0.25) is 4.79 Å². The number of hydrogen-bond donors (Lipinski definition) is 1. The first-order valence-corrected chi connectivity index (χ1v) is 9.37. The largest absolute Gasteiger partial charge is 1.00 e. The van der Waals surface area contributed by atoms with Crippen LogP contribution in [0.4, 0.5) is 11.5 Å². The quantitative estimate of drug-likeness (QED) is 0.667. The number of pyridine rings is 2. The Kier molecular flexibility index (Phi) is 6.36. The average molecular weight is 405 g/mol. The van der Waals surface area contributed by atoms with Gasteiger partial charge in [-0.25, -0.2) is 4.98 Å². The minimum absolute atomic E-state index is 0. The van der Waals surface area contributed by atoms with Crippen LogP contribution in [0.25, 0.3) is 0 Å². The summed E-state index contributed by atoms with van der Waals surface area (Å²) in [5, 5.41) is 0. The van der Waals surface area contributed by atoms with Crippen molar-refractivity contribution >= 4 is 17.4 Å². The molecule has 4 rings (SSSR count). The van der Waals surface area contributed by atoms with Gasteiger partial charge in [0.1, 0.15) is 5.82 Å². The lowest BCUT2D eigenvalue weighted by Crippen LogP contribution is -3.00. The maximum absolute atomic E-state index is 12.5. The molecule has 28 heavy (non-hydrogen) atoms. The summed E-state index contributed by atoms with van der Waals surface area (Å²) in [6, 6.07) is 5.86. The zero-order chi connectivity index (χ0) is 18.8. The lowest BCUT2D eigenvalue weighted by Gasteiger charge is -2.22. The van der Waals surface area contributed by atoms with Crippen molar-refractivity contribution in [3.05, 3.63) is 41.2 Å². The molecule has 150 valence electrons. The Balaban J connectivity index is 0.00000225. The number of carbonyl (C=O) groups excluding carboxylic acids is 1. The van der Waals surface area contributed by atoms with Crippen LogP contribution in [0, 0.1) is 12.8 Å². The van der Waals surface area contributed by atoms with Crippen LogP contribution in [0.1, 0.15) is 29.7 Å². The predicted molar refractivity (Wildman–Crippen MR) is 100 cm³/mol. The molecule has 0 spiro atoms. The normalized spacial score (nSPS) is 16.6. The fourth-order valence-electron chi connectivity index (χ4n) is 3.54. The highest BCUT2D eigenvalue weighted by Gasteiger charge is 2.31. The van der Waals surface area contributed by atoms with Crippen molar-refractivity contribution in [3.63, 3.8) is 0 Å². The van der Waals surface area contributed by atoms with Gasteiger partial charge in [0, 0.05) is 43.4 Å². The van der Waals surface area contributed by atoms with Gasteiger partial charge >= 0.3 is 0 Å². The number of ether oxygens (including phenoxy) is 2. The van der Waals surface area contributed by atoms with Gasteiger partial charge in [-0.2, -0.15) is 4.98 Å². The molecule has 2 aromatic heterocycles. The molecule has 4 heterocycles. The second-order valence-electron chi connectivity index (χ2n) is 7.25. The molecule has 2 aromatic rings. The molecule has 3 N–H and O–H groups in total. The summed E-state index contributed by atoms with van der Waals surface area (Å²) in [4.78, 5) is 21.8. The molecule has 8 heteroatoms. The van der Waals surface area contributed by atoms with Gasteiger partial charge in [0.05, 0.1) is 25.3 Å². The summed E-state index contributed by atoms with van der Waals surface area (Å²) < 4.78 is 11.3. The van der Waals surface area contributed by atoms with Crippen molar-refractivity contribution in [1.82, 2.24) is 4.98 Å². The summed E-state index contributed by atoms with van der Waals surface area (Å²) in [5.41, 5.74) is 9.81. The Morgan fingerprint density at radius 3 is 2.86 bits per heavy atom. The predicted octanol–water partition coefficient (Wildman–Crippen LogP) is -1.31. The van der Waals surface area contributed by atoms with Crippen molar-refractivity contribution in [3.8, 4) is 5.88 Å². The van der Waals surface area contributed by atoms with E-state index in [1.807, 2.05) is 31.3 Å².